The van der Waals surface area contributed by atoms with Crippen molar-refractivity contribution >= 4 is 28.2 Å². The molecule has 0 spiro atoms. The van der Waals surface area contributed by atoms with E-state index in [9.17, 15) is 10.4 Å². The highest BCUT2D eigenvalue weighted by Gasteiger charge is 2.26. The van der Waals surface area contributed by atoms with Crippen molar-refractivity contribution in [2.75, 3.05) is 18.0 Å². The maximum atomic E-state index is 9.90. The minimum absolute atomic E-state index is 0.225. The lowest BCUT2D eigenvalue weighted by atomic mass is 9.92. The van der Waals surface area contributed by atoms with Crippen LogP contribution in [0.25, 0.3) is 10.9 Å². The SMILES string of the molecule is CC(O)C1CCCN(c2c(C#N)cnc3ccc(Cl)cc23)C1. The standard InChI is InChI=1S/C17H18ClN3O/c1-11(22)12-3-2-6-21(10-12)17-13(8-19)9-20-16-5-4-14(18)7-15(16)17/h4-5,7,9,11-12,22H,2-3,6,10H2,1H3. The third-order valence-corrected chi connectivity index (χ3v) is 4.61. The second-order valence-electron chi connectivity index (χ2n) is 5.88. The molecule has 3 rings (SSSR count). The van der Waals surface area contributed by atoms with Crippen molar-refractivity contribution in [3.05, 3.63) is 35.0 Å². The first-order valence-electron chi connectivity index (χ1n) is 7.51. The van der Waals surface area contributed by atoms with Crippen LogP contribution in [0.2, 0.25) is 5.02 Å². The molecule has 0 bridgehead atoms. The van der Waals surface area contributed by atoms with Crippen molar-refractivity contribution in [1.29, 1.82) is 5.26 Å². The quantitative estimate of drug-likeness (QED) is 0.923. The second-order valence-corrected chi connectivity index (χ2v) is 6.32. The van der Waals surface area contributed by atoms with Gasteiger partial charge in [0, 0.05) is 35.6 Å². The van der Waals surface area contributed by atoms with E-state index in [4.69, 9.17) is 11.6 Å². The number of fused-ring (bicyclic) bond motifs is 1. The van der Waals surface area contributed by atoms with Gasteiger partial charge in [0.25, 0.3) is 0 Å². The predicted octanol–water partition coefficient (Wildman–Crippen LogP) is 3.36. The summed E-state index contributed by atoms with van der Waals surface area (Å²) in [4.78, 5) is 6.54. The van der Waals surface area contributed by atoms with E-state index in [0.717, 1.165) is 42.5 Å². The number of nitriles is 1. The molecule has 1 aliphatic rings. The Morgan fingerprint density at radius 2 is 2.32 bits per heavy atom. The molecule has 2 unspecified atom stereocenters. The van der Waals surface area contributed by atoms with Gasteiger partial charge >= 0.3 is 0 Å². The van der Waals surface area contributed by atoms with Crippen LogP contribution in [-0.2, 0) is 0 Å². The molecule has 1 saturated heterocycles. The van der Waals surface area contributed by atoms with E-state index in [1.165, 1.54) is 0 Å². The highest BCUT2D eigenvalue weighted by Crippen LogP contribution is 2.34. The zero-order valence-corrected chi connectivity index (χ0v) is 13.2. The predicted molar refractivity (Wildman–Crippen MR) is 88.1 cm³/mol. The molecule has 2 atom stereocenters. The molecule has 0 radical (unpaired) electrons. The minimum Gasteiger partial charge on any atom is -0.393 e. The molecule has 0 amide bonds. The summed E-state index contributed by atoms with van der Waals surface area (Å²) in [5.74, 6) is 0.225. The number of rotatable bonds is 2. The largest absolute Gasteiger partial charge is 0.393 e. The number of halogens is 1. The average molecular weight is 316 g/mol. The van der Waals surface area contributed by atoms with Crippen LogP contribution in [0.4, 0.5) is 5.69 Å². The van der Waals surface area contributed by atoms with Crippen molar-refractivity contribution in [2.45, 2.75) is 25.9 Å². The van der Waals surface area contributed by atoms with Gasteiger partial charge in [-0.3, -0.25) is 4.98 Å². The van der Waals surface area contributed by atoms with Crippen molar-refractivity contribution < 1.29 is 5.11 Å². The maximum absolute atomic E-state index is 9.90. The molecule has 1 aromatic heterocycles. The van der Waals surface area contributed by atoms with E-state index in [1.807, 2.05) is 25.1 Å². The van der Waals surface area contributed by atoms with Crippen LogP contribution in [0.1, 0.15) is 25.3 Å². The van der Waals surface area contributed by atoms with Gasteiger partial charge in [0.2, 0.25) is 0 Å². The summed E-state index contributed by atoms with van der Waals surface area (Å²) < 4.78 is 0. The first kappa shape index (κ1) is 15.1. The number of aliphatic hydroxyl groups is 1. The topological polar surface area (TPSA) is 60.1 Å². The number of hydrogen-bond donors (Lipinski definition) is 1. The van der Waals surface area contributed by atoms with Gasteiger partial charge in [-0.25, -0.2) is 0 Å². The van der Waals surface area contributed by atoms with Gasteiger partial charge in [-0.1, -0.05) is 11.6 Å². The number of pyridine rings is 1. The van der Waals surface area contributed by atoms with Gasteiger partial charge in [-0.05, 0) is 38.0 Å². The fourth-order valence-corrected chi connectivity index (χ4v) is 3.35. The highest BCUT2D eigenvalue weighted by molar-refractivity contribution is 6.31. The maximum Gasteiger partial charge on any atom is 0.103 e. The molecule has 1 aliphatic heterocycles. The normalized spacial score (nSPS) is 19.9. The Morgan fingerprint density at radius 3 is 3.05 bits per heavy atom. The molecule has 5 heteroatoms. The van der Waals surface area contributed by atoms with Gasteiger partial charge in [0.15, 0.2) is 0 Å². The lowest BCUT2D eigenvalue weighted by Crippen LogP contribution is -2.40. The zero-order valence-electron chi connectivity index (χ0n) is 12.5. The number of aromatic nitrogens is 1. The zero-order chi connectivity index (χ0) is 15.7. The first-order chi connectivity index (χ1) is 10.6. The first-order valence-corrected chi connectivity index (χ1v) is 7.89. The lowest BCUT2D eigenvalue weighted by molar-refractivity contribution is 0.115. The summed E-state index contributed by atoms with van der Waals surface area (Å²) in [6.07, 6.45) is 3.30. The molecule has 0 aliphatic carbocycles. The molecular formula is C17H18ClN3O. The summed E-state index contributed by atoms with van der Waals surface area (Å²) >= 11 is 6.14. The molecule has 114 valence electrons. The van der Waals surface area contributed by atoms with Crippen molar-refractivity contribution in [3.63, 3.8) is 0 Å². The van der Waals surface area contributed by atoms with E-state index in [1.54, 1.807) is 6.20 Å². The Morgan fingerprint density at radius 1 is 1.50 bits per heavy atom. The Bertz CT molecular complexity index is 738. The second kappa shape index (κ2) is 6.12. The summed E-state index contributed by atoms with van der Waals surface area (Å²) in [6.45, 7) is 3.46. The number of benzene rings is 1. The van der Waals surface area contributed by atoms with E-state index in [0.29, 0.717) is 10.6 Å². The van der Waals surface area contributed by atoms with Crippen LogP contribution in [0.3, 0.4) is 0 Å². The molecule has 2 aromatic rings. The molecule has 1 aromatic carbocycles. The van der Waals surface area contributed by atoms with E-state index in [2.05, 4.69) is 16.0 Å². The van der Waals surface area contributed by atoms with E-state index >= 15 is 0 Å². The van der Waals surface area contributed by atoms with Crippen molar-refractivity contribution in [1.82, 2.24) is 4.98 Å². The third-order valence-electron chi connectivity index (χ3n) is 4.38. The Balaban J connectivity index is 2.12. The molecule has 2 heterocycles. The summed E-state index contributed by atoms with van der Waals surface area (Å²) in [5, 5.41) is 20.9. The van der Waals surface area contributed by atoms with Crippen LogP contribution >= 0.6 is 11.6 Å². The molecule has 22 heavy (non-hydrogen) atoms. The number of hydrogen-bond acceptors (Lipinski definition) is 4. The van der Waals surface area contributed by atoms with E-state index < -0.39 is 0 Å². The number of aliphatic hydroxyl groups excluding tert-OH is 1. The highest BCUT2D eigenvalue weighted by atomic mass is 35.5. The third kappa shape index (κ3) is 2.75. The Labute approximate surface area is 134 Å². The minimum atomic E-state index is -0.343. The number of nitrogens with zero attached hydrogens (tertiary/aromatic N) is 3. The smallest absolute Gasteiger partial charge is 0.103 e. The summed E-state index contributed by atoms with van der Waals surface area (Å²) in [7, 11) is 0. The van der Waals surface area contributed by atoms with Crippen LogP contribution in [0.15, 0.2) is 24.4 Å². The lowest BCUT2D eigenvalue weighted by Gasteiger charge is -2.36. The number of anilines is 1. The average Bonchev–Trinajstić information content (AvgIpc) is 2.53. The van der Waals surface area contributed by atoms with Crippen LogP contribution in [-0.4, -0.2) is 29.3 Å². The summed E-state index contributed by atoms with van der Waals surface area (Å²) in [5.41, 5.74) is 2.28. The fourth-order valence-electron chi connectivity index (χ4n) is 3.18. The van der Waals surface area contributed by atoms with Gasteiger partial charge in [-0.2, -0.15) is 5.26 Å². The van der Waals surface area contributed by atoms with Crippen LogP contribution in [0.5, 0.6) is 0 Å². The molecule has 1 fully saturated rings. The molecule has 0 saturated carbocycles. The summed E-state index contributed by atoms with van der Waals surface area (Å²) in [6, 6.07) is 7.79. The monoisotopic (exact) mass is 315 g/mol. The van der Waals surface area contributed by atoms with Crippen LogP contribution in [0, 0.1) is 17.2 Å². The van der Waals surface area contributed by atoms with Crippen LogP contribution < -0.4 is 4.90 Å². The van der Waals surface area contributed by atoms with Gasteiger partial charge in [0.05, 0.1) is 22.9 Å². The molecular weight excluding hydrogens is 298 g/mol. The van der Waals surface area contributed by atoms with Crippen molar-refractivity contribution in [3.8, 4) is 6.07 Å². The van der Waals surface area contributed by atoms with Gasteiger partial charge < -0.3 is 10.0 Å². The number of piperidine rings is 1. The molecule has 4 nitrogen and oxygen atoms in total. The van der Waals surface area contributed by atoms with E-state index in [-0.39, 0.29) is 12.0 Å². The Kier molecular flexibility index (Phi) is 4.19. The fraction of sp³-hybridized carbons (Fsp3) is 0.412. The van der Waals surface area contributed by atoms with Gasteiger partial charge in [-0.15, -0.1) is 0 Å². The Hall–Kier alpha value is -1.83. The van der Waals surface area contributed by atoms with Crippen molar-refractivity contribution in [2.24, 2.45) is 5.92 Å². The molecule has 1 N–H and O–H groups in total. The van der Waals surface area contributed by atoms with Gasteiger partial charge in [0.1, 0.15) is 6.07 Å².